The van der Waals surface area contributed by atoms with E-state index in [2.05, 4.69) is 42.3 Å². The van der Waals surface area contributed by atoms with E-state index in [4.69, 9.17) is 4.74 Å². The predicted molar refractivity (Wildman–Crippen MR) is 84.2 cm³/mol. The number of rotatable bonds is 7. The van der Waals surface area contributed by atoms with Crippen molar-refractivity contribution < 1.29 is 4.74 Å². The molecule has 1 heterocycles. The van der Waals surface area contributed by atoms with Crippen LogP contribution in [0, 0.1) is 5.92 Å². The summed E-state index contributed by atoms with van der Waals surface area (Å²) in [5, 5.41) is 3.64. The minimum Gasteiger partial charge on any atom is -0.497 e. The van der Waals surface area contributed by atoms with Gasteiger partial charge >= 0.3 is 0 Å². The molecule has 1 saturated heterocycles. The second-order valence-electron chi connectivity index (χ2n) is 6.02. The normalized spacial score (nSPS) is 18.9. The van der Waals surface area contributed by atoms with Gasteiger partial charge in [-0.15, -0.1) is 0 Å². The minimum atomic E-state index is 0.367. The standard InChI is InChI=1S/C17H28N2O/c1-14(13-19-9-4-5-10-19)12-18-15(2)16-7-6-8-17(11-16)20-3/h6-8,11,14-15,18H,4-5,9-10,12-13H2,1-3H3. The van der Waals surface area contributed by atoms with E-state index in [0.29, 0.717) is 12.0 Å². The molecule has 0 amide bonds. The third kappa shape index (κ3) is 4.50. The number of nitrogens with zero attached hydrogens (tertiary/aromatic N) is 1. The zero-order valence-electron chi connectivity index (χ0n) is 13.1. The molecular weight excluding hydrogens is 248 g/mol. The first-order valence-electron chi connectivity index (χ1n) is 7.78. The molecule has 2 rings (SSSR count). The summed E-state index contributed by atoms with van der Waals surface area (Å²) in [5.74, 6) is 1.63. The van der Waals surface area contributed by atoms with Crippen molar-refractivity contribution in [2.24, 2.45) is 5.92 Å². The Bertz CT molecular complexity index is 402. The summed E-state index contributed by atoms with van der Waals surface area (Å²) in [5.41, 5.74) is 1.29. The van der Waals surface area contributed by atoms with Crippen molar-refractivity contribution in [2.45, 2.75) is 32.7 Å². The smallest absolute Gasteiger partial charge is 0.119 e. The van der Waals surface area contributed by atoms with E-state index in [-0.39, 0.29) is 0 Å². The highest BCUT2D eigenvalue weighted by Crippen LogP contribution is 2.19. The summed E-state index contributed by atoms with van der Waals surface area (Å²) in [6, 6.07) is 8.69. The monoisotopic (exact) mass is 276 g/mol. The first-order chi connectivity index (χ1) is 9.69. The molecule has 0 radical (unpaired) electrons. The molecule has 3 nitrogen and oxygen atoms in total. The molecule has 1 aromatic carbocycles. The van der Waals surface area contributed by atoms with Crippen LogP contribution in [0.4, 0.5) is 0 Å². The summed E-state index contributed by atoms with van der Waals surface area (Å²) >= 11 is 0. The van der Waals surface area contributed by atoms with Crippen LogP contribution in [0.25, 0.3) is 0 Å². The molecule has 0 saturated carbocycles. The molecule has 2 unspecified atom stereocenters. The van der Waals surface area contributed by atoms with Crippen LogP contribution in [0.2, 0.25) is 0 Å². The molecule has 1 aromatic rings. The van der Waals surface area contributed by atoms with Crippen molar-refractivity contribution in [1.29, 1.82) is 0 Å². The average molecular weight is 276 g/mol. The summed E-state index contributed by atoms with van der Waals surface area (Å²) in [6.07, 6.45) is 2.75. The minimum absolute atomic E-state index is 0.367. The van der Waals surface area contributed by atoms with Gasteiger partial charge in [0.25, 0.3) is 0 Å². The molecule has 0 spiro atoms. The average Bonchev–Trinajstić information content (AvgIpc) is 2.97. The number of nitrogens with one attached hydrogen (secondary N) is 1. The van der Waals surface area contributed by atoms with Crippen molar-refractivity contribution in [2.75, 3.05) is 33.3 Å². The van der Waals surface area contributed by atoms with Gasteiger partial charge in [-0.25, -0.2) is 0 Å². The first kappa shape index (κ1) is 15.3. The van der Waals surface area contributed by atoms with Crippen LogP contribution in [0.3, 0.4) is 0 Å². The third-order valence-corrected chi connectivity index (χ3v) is 4.13. The van der Waals surface area contributed by atoms with Crippen LogP contribution in [0.1, 0.15) is 38.3 Å². The highest BCUT2D eigenvalue weighted by molar-refractivity contribution is 5.30. The Kier molecular flexibility index (Phi) is 5.86. The molecule has 112 valence electrons. The van der Waals surface area contributed by atoms with Crippen LogP contribution < -0.4 is 10.1 Å². The van der Waals surface area contributed by atoms with Crippen molar-refractivity contribution in [3.63, 3.8) is 0 Å². The number of ether oxygens (including phenoxy) is 1. The molecule has 1 aliphatic rings. The molecule has 0 aliphatic carbocycles. The van der Waals surface area contributed by atoms with E-state index in [0.717, 1.165) is 12.3 Å². The topological polar surface area (TPSA) is 24.5 Å². The molecule has 0 bridgehead atoms. The number of likely N-dealkylation sites (tertiary alicyclic amines) is 1. The number of hydrogen-bond acceptors (Lipinski definition) is 3. The van der Waals surface area contributed by atoms with Crippen LogP contribution in [-0.4, -0.2) is 38.2 Å². The molecule has 1 fully saturated rings. The summed E-state index contributed by atoms with van der Waals surface area (Å²) in [4.78, 5) is 2.59. The van der Waals surface area contributed by atoms with Gasteiger partial charge in [-0.05, 0) is 63.0 Å². The Labute approximate surface area is 123 Å². The van der Waals surface area contributed by atoms with Gasteiger partial charge in [-0.2, -0.15) is 0 Å². The van der Waals surface area contributed by atoms with Crippen LogP contribution >= 0.6 is 0 Å². The van der Waals surface area contributed by atoms with E-state index < -0.39 is 0 Å². The zero-order valence-corrected chi connectivity index (χ0v) is 13.1. The fourth-order valence-corrected chi connectivity index (χ4v) is 2.88. The lowest BCUT2D eigenvalue weighted by molar-refractivity contribution is 0.279. The van der Waals surface area contributed by atoms with E-state index in [9.17, 15) is 0 Å². The molecular formula is C17H28N2O. The molecule has 1 aliphatic heterocycles. The second kappa shape index (κ2) is 7.65. The fourth-order valence-electron chi connectivity index (χ4n) is 2.88. The first-order valence-corrected chi connectivity index (χ1v) is 7.78. The second-order valence-corrected chi connectivity index (χ2v) is 6.02. The molecule has 2 atom stereocenters. The molecule has 0 aromatic heterocycles. The van der Waals surface area contributed by atoms with Crippen molar-refractivity contribution in [3.05, 3.63) is 29.8 Å². The van der Waals surface area contributed by atoms with Gasteiger partial charge in [0.15, 0.2) is 0 Å². The maximum absolute atomic E-state index is 5.28. The maximum Gasteiger partial charge on any atom is 0.119 e. The Morgan fingerprint density at radius 3 is 2.70 bits per heavy atom. The van der Waals surface area contributed by atoms with E-state index in [1.165, 1.54) is 38.0 Å². The van der Waals surface area contributed by atoms with Crippen LogP contribution in [-0.2, 0) is 0 Å². The van der Waals surface area contributed by atoms with Gasteiger partial charge in [-0.1, -0.05) is 19.1 Å². The van der Waals surface area contributed by atoms with Gasteiger partial charge in [0.05, 0.1) is 7.11 Å². The largest absolute Gasteiger partial charge is 0.497 e. The van der Waals surface area contributed by atoms with Gasteiger partial charge < -0.3 is 15.0 Å². The van der Waals surface area contributed by atoms with Crippen LogP contribution in [0.5, 0.6) is 5.75 Å². The van der Waals surface area contributed by atoms with Crippen molar-refractivity contribution in [1.82, 2.24) is 10.2 Å². The summed E-state index contributed by atoms with van der Waals surface area (Å²) < 4.78 is 5.28. The van der Waals surface area contributed by atoms with E-state index in [1.54, 1.807) is 7.11 Å². The number of benzene rings is 1. The molecule has 20 heavy (non-hydrogen) atoms. The van der Waals surface area contributed by atoms with E-state index in [1.807, 2.05) is 6.07 Å². The van der Waals surface area contributed by atoms with Gasteiger partial charge in [0.2, 0.25) is 0 Å². The zero-order chi connectivity index (χ0) is 14.4. The lowest BCUT2D eigenvalue weighted by Crippen LogP contribution is -2.32. The van der Waals surface area contributed by atoms with Gasteiger partial charge in [0, 0.05) is 12.6 Å². The predicted octanol–water partition coefficient (Wildman–Crippen LogP) is 3.08. The maximum atomic E-state index is 5.28. The van der Waals surface area contributed by atoms with Crippen molar-refractivity contribution >= 4 is 0 Å². The SMILES string of the molecule is COc1cccc(C(C)NCC(C)CN2CCCC2)c1. The fraction of sp³-hybridized carbons (Fsp3) is 0.647. The quantitative estimate of drug-likeness (QED) is 0.828. The molecule has 1 N–H and O–H groups in total. The summed E-state index contributed by atoms with van der Waals surface area (Å²) in [7, 11) is 1.72. The Morgan fingerprint density at radius 1 is 1.25 bits per heavy atom. The number of hydrogen-bond donors (Lipinski definition) is 1. The Morgan fingerprint density at radius 2 is 2.00 bits per heavy atom. The van der Waals surface area contributed by atoms with Crippen molar-refractivity contribution in [3.8, 4) is 5.75 Å². The number of methoxy groups -OCH3 is 1. The Hall–Kier alpha value is -1.06. The lowest BCUT2D eigenvalue weighted by atomic mass is 10.1. The van der Waals surface area contributed by atoms with Crippen LogP contribution in [0.15, 0.2) is 24.3 Å². The highest BCUT2D eigenvalue weighted by atomic mass is 16.5. The van der Waals surface area contributed by atoms with Gasteiger partial charge in [0.1, 0.15) is 5.75 Å². The lowest BCUT2D eigenvalue weighted by Gasteiger charge is -2.22. The summed E-state index contributed by atoms with van der Waals surface area (Å²) in [6.45, 7) is 9.42. The third-order valence-electron chi connectivity index (χ3n) is 4.13. The highest BCUT2D eigenvalue weighted by Gasteiger charge is 2.15. The molecule has 3 heteroatoms. The van der Waals surface area contributed by atoms with Gasteiger partial charge in [-0.3, -0.25) is 0 Å². The Balaban J connectivity index is 1.77. The van der Waals surface area contributed by atoms with E-state index >= 15 is 0 Å².